The van der Waals surface area contributed by atoms with Crippen molar-refractivity contribution >= 4 is 11.6 Å². The molecule has 1 aromatic rings. The smallest absolute Gasteiger partial charge is 0.0574 e. The first-order chi connectivity index (χ1) is 6.34. The molecule has 0 aliphatic rings. The standard InChI is InChI=1S/C11H12ClN/c1-13-9-5-4-7-10-6-2-3-8-11(10)12/h2-3,6,8,13H,7,9H2,1H3. The maximum Gasteiger partial charge on any atom is 0.0574 e. The van der Waals surface area contributed by atoms with Crippen molar-refractivity contribution in [2.75, 3.05) is 13.6 Å². The van der Waals surface area contributed by atoms with Gasteiger partial charge in [0, 0.05) is 11.4 Å². The molecular formula is C11H12ClN. The van der Waals surface area contributed by atoms with Gasteiger partial charge in [0.05, 0.1) is 6.54 Å². The van der Waals surface area contributed by atoms with Crippen molar-refractivity contribution in [2.24, 2.45) is 0 Å². The van der Waals surface area contributed by atoms with Crippen LogP contribution in [0.15, 0.2) is 24.3 Å². The van der Waals surface area contributed by atoms with Crippen LogP contribution >= 0.6 is 11.6 Å². The summed E-state index contributed by atoms with van der Waals surface area (Å²) in [4.78, 5) is 0. The summed E-state index contributed by atoms with van der Waals surface area (Å²) in [6, 6.07) is 7.78. The SMILES string of the molecule is CNCC#CCc1ccccc1Cl. The van der Waals surface area contributed by atoms with E-state index in [2.05, 4.69) is 17.2 Å². The Labute approximate surface area is 84.1 Å². The Kier molecular flexibility index (Phi) is 4.39. The summed E-state index contributed by atoms with van der Waals surface area (Å²) >= 11 is 5.95. The van der Waals surface area contributed by atoms with E-state index < -0.39 is 0 Å². The Morgan fingerprint density at radius 2 is 2.08 bits per heavy atom. The van der Waals surface area contributed by atoms with Gasteiger partial charge in [-0.15, -0.1) is 0 Å². The molecule has 0 spiro atoms. The van der Waals surface area contributed by atoms with E-state index in [1.54, 1.807) is 0 Å². The molecule has 68 valence electrons. The van der Waals surface area contributed by atoms with Gasteiger partial charge in [0.15, 0.2) is 0 Å². The van der Waals surface area contributed by atoms with Crippen LogP contribution in [-0.2, 0) is 6.42 Å². The summed E-state index contributed by atoms with van der Waals surface area (Å²) in [7, 11) is 1.88. The third-order valence-electron chi connectivity index (χ3n) is 1.63. The Balaban J connectivity index is 2.56. The molecule has 0 atom stereocenters. The first-order valence-electron chi connectivity index (χ1n) is 4.18. The average molecular weight is 194 g/mol. The normalized spacial score (nSPS) is 9.08. The minimum Gasteiger partial charge on any atom is -0.309 e. The zero-order chi connectivity index (χ0) is 9.52. The molecule has 1 N–H and O–H groups in total. The van der Waals surface area contributed by atoms with Crippen LogP contribution in [0.3, 0.4) is 0 Å². The van der Waals surface area contributed by atoms with Crippen LogP contribution in [0.1, 0.15) is 5.56 Å². The van der Waals surface area contributed by atoms with E-state index in [1.807, 2.05) is 31.3 Å². The molecule has 0 fully saturated rings. The minimum absolute atomic E-state index is 0.724. The van der Waals surface area contributed by atoms with Crippen LogP contribution < -0.4 is 5.32 Å². The van der Waals surface area contributed by atoms with Gasteiger partial charge in [0.2, 0.25) is 0 Å². The van der Waals surface area contributed by atoms with Gasteiger partial charge in [-0.1, -0.05) is 41.6 Å². The first kappa shape index (κ1) is 10.1. The highest BCUT2D eigenvalue weighted by atomic mass is 35.5. The Bertz CT molecular complexity index is 322. The summed E-state index contributed by atoms with van der Waals surface area (Å²) in [6.45, 7) is 0.727. The second-order valence-electron chi connectivity index (χ2n) is 2.65. The molecule has 0 heterocycles. The molecule has 0 aliphatic heterocycles. The number of benzene rings is 1. The zero-order valence-corrected chi connectivity index (χ0v) is 8.36. The van der Waals surface area contributed by atoms with E-state index in [9.17, 15) is 0 Å². The molecule has 2 heteroatoms. The molecule has 0 radical (unpaired) electrons. The van der Waals surface area contributed by atoms with Crippen LogP contribution in [0.4, 0.5) is 0 Å². The maximum atomic E-state index is 5.95. The first-order valence-corrected chi connectivity index (χ1v) is 4.56. The molecule has 1 aromatic carbocycles. The van der Waals surface area contributed by atoms with Crippen LogP contribution in [0.5, 0.6) is 0 Å². The largest absolute Gasteiger partial charge is 0.309 e. The molecule has 0 bridgehead atoms. The van der Waals surface area contributed by atoms with Gasteiger partial charge in [0.1, 0.15) is 0 Å². The van der Waals surface area contributed by atoms with Crippen molar-refractivity contribution in [3.05, 3.63) is 34.9 Å². The molecule has 0 saturated carbocycles. The van der Waals surface area contributed by atoms with E-state index in [1.165, 1.54) is 0 Å². The van der Waals surface area contributed by atoms with Gasteiger partial charge in [0.25, 0.3) is 0 Å². The fourth-order valence-electron chi connectivity index (χ4n) is 0.950. The lowest BCUT2D eigenvalue weighted by molar-refractivity contribution is 0.937. The predicted molar refractivity (Wildman–Crippen MR) is 56.9 cm³/mol. The van der Waals surface area contributed by atoms with Crippen molar-refractivity contribution in [1.82, 2.24) is 5.32 Å². The zero-order valence-electron chi connectivity index (χ0n) is 7.60. The third kappa shape index (κ3) is 3.50. The molecule has 13 heavy (non-hydrogen) atoms. The maximum absolute atomic E-state index is 5.95. The molecule has 0 aliphatic carbocycles. The Morgan fingerprint density at radius 1 is 1.31 bits per heavy atom. The van der Waals surface area contributed by atoms with E-state index in [0.717, 1.165) is 23.6 Å². The third-order valence-corrected chi connectivity index (χ3v) is 2.00. The molecule has 0 amide bonds. The van der Waals surface area contributed by atoms with Crippen molar-refractivity contribution in [2.45, 2.75) is 6.42 Å². The van der Waals surface area contributed by atoms with Crippen LogP contribution in [0.2, 0.25) is 5.02 Å². The summed E-state index contributed by atoms with van der Waals surface area (Å²) in [6.07, 6.45) is 0.724. The quantitative estimate of drug-likeness (QED) is 0.710. The highest BCUT2D eigenvalue weighted by molar-refractivity contribution is 6.31. The van der Waals surface area contributed by atoms with Gasteiger partial charge < -0.3 is 5.32 Å². The summed E-state index contributed by atoms with van der Waals surface area (Å²) < 4.78 is 0. The Hall–Kier alpha value is -0.970. The number of hydrogen-bond donors (Lipinski definition) is 1. The lowest BCUT2D eigenvalue weighted by atomic mass is 10.1. The van der Waals surface area contributed by atoms with Gasteiger partial charge >= 0.3 is 0 Å². The lowest BCUT2D eigenvalue weighted by Gasteiger charge is -1.96. The number of rotatable bonds is 2. The van der Waals surface area contributed by atoms with Crippen LogP contribution in [0, 0.1) is 11.8 Å². The Morgan fingerprint density at radius 3 is 2.77 bits per heavy atom. The van der Waals surface area contributed by atoms with Crippen molar-refractivity contribution in [3.63, 3.8) is 0 Å². The van der Waals surface area contributed by atoms with Crippen LogP contribution in [-0.4, -0.2) is 13.6 Å². The van der Waals surface area contributed by atoms with Gasteiger partial charge in [-0.2, -0.15) is 0 Å². The number of hydrogen-bond acceptors (Lipinski definition) is 1. The van der Waals surface area contributed by atoms with E-state index in [-0.39, 0.29) is 0 Å². The lowest BCUT2D eigenvalue weighted by Crippen LogP contribution is -2.04. The van der Waals surface area contributed by atoms with Crippen molar-refractivity contribution < 1.29 is 0 Å². The molecule has 0 aromatic heterocycles. The topological polar surface area (TPSA) is 12.0 Å². The highest BCUT2D eigenvalue weighted by Crippen LogP contribution is 2.14. The molecule has 1 rings (SSSR count). The fourth-order valence-corrected chi connectivity index (χ4v) is 1.15. The minimum atomic E-state index is 0.724. The highest BCUT2D eigenvalue weighted by Gasteiger charge is 1.94. The van der Waals surface area contributed by atoms with E-state index in [0.29, 0.717) is 0 Å². The summed E-state index contributed by atoms with van der Waals surface area (Å²) in [5.74, 6) is 6.04. The fraction of sp³-hybridized carbons (Fsp3) is 0.273. The molecule has 0 unspecified atom stereocenters. The van der Waals surface area contributed by atoms with Gasteiger partial charge in [-0.05, 0) is 18.7 Å². The number of halogens is 1. The number of nitrogens with one attached hydrogen (secondary N) is 1. The van der Waals surface area contributed by atoms with Crippen LogP contribution in [0.25, 0.3) is 0 Å². The van der Waals surface area contributed by atoms with E-state index in [4.69, 9.17) is 11.6 Å². The van der Waals surface area contributed by atoms with Crippen molar-refractivity contribution in [1.29, 1.82) is 0 Å². The van der Waals surface area contributed by atoms with Crippen molar-refractivity contribution in [3.8, 4) is 11.8 Å². The second-order valence-corrected chi connectivity index (χ2v) is 3.06. The average Bonchev–Trinajstić information content (AvgIpc) is 2.15. The van der Waals surface area contributed by atoms with Gasteiger partial charge in [-0.25, -0.2) is 0 Å². The summed E-state index contributed by atoms with van der Waals surface area (Å²) in [5.41, 5.74) is 1.09. The van der Waals surface area contributed by atoms with Gasteiger partial charge in [-0.3, -0.25) is 0 Å². The van der Waals surface area contributed by atoms with E-state index >= 15 is 0 Å². The molecule has 0 saturated heterocycles. The second kappa shape index (κ2) is 5.64. The summed E-state index contributed by atoms with van der Waals surface area (Å²) in [5, 5.41) is 3.75. The molecular weight excluding hydrogens is 182 g/mol. The molecule has 1 nitrogen and oxygen atoms in total. The monoisotopic (exact) mass is 193 g/mol. The predicted octanol–water partition coefficient (Wildman–Crippen LogP) is 2.11.